The Morgan fingerprint density at radius 2 is 1.33 bits per heavy atom. The first-order chi connectivity index (χ1) is 7.18. The smallest absolute Gasteiger partial charge is 0.126 e. The minimum absolute atomic E-state index is 0.0370. The number of hydrogen-bond donors (Lipinski definition) is 2. The first-order valence-electron chi connectivity index (χ1n) is 4.37. The van der Waals surface area contributed by atoms with Gasteiger partial charge in [-0.2, -0.15) is 0 Å². The van der Waals surface area contributed by atoms with E-state index in [1.807, 2.05) is 6.07 Å². The Balaban J connectivity index is 0.000000151. The van der Waals surface area contributed by atoms with E-state index in [2.05, 4.69) is 0 Å². The molecule has 15 heavy (non-hydrogen) atoms. The van der Waals surface area contributed by atoms with Gasteiger partial charge in [-0.25, -0.2) is 4.39 Å². The van der Waals surface area contributed by atoms with Gasteiger partial charge >= 0.3 is 0 Å². The van der Waals surface area contributed by atoms with Crippen molar-refractivity contribution >= 4 is 0 Å². The van der Waals surface area contributed by atoms with Gasteiger partial charge in [0.15, 0.2) is 0 Å². The molecule has 0 fully saturated rings. The van der Waals surface area contributed by atoms with E-state index in [4.69, 9.17) is 10.2 Å². The van der Waals surface area contributed by atoms with Gasteiger partial charge in [0.05, 0.1) is 0 Å². The van der Waals surface area contributed by atoms with Crippen LogP contribution in [0.3, 0.4) is 0 Å². The minimum atomic E-state index is -0.412. The molecule has 0 aromatic heterocycles. The van der Waals surface area contributed by atoms with E-state index in [9.17, 15) is 4.39 Å². The van der Waals surface area contributed by atoms with E-state index >= 15 is 0 Å². The fourth-order valence-electron chi connectivity index (χ4n) is 0.904. The molecule has 0 amide bonds. The fraction of sp³-hybridized carbons (Fsp3) is 0. The van der Waals surface area contributed by atoms with Crippen molar-refractivity contribution in [2.75, 3.05) is 0 Å². The van der Waals surface area contributed by atoms with E-state index < -0.39 is 5.82 Å². The largest absolute Gasteiger partial charge is 0.508 e. The van der Waals surface area contributed by atoms with Crippen LogP contribution in [0.1, 0.15) is 0 Å². The molecular weight excluding hydrogens is 195 g/mol. The molecule has 0 heterocycles. The Kier molecular flexibility index (Phi) is 4.16. The zero-order valence-corrected chi connectivity index (χ0v) is 7.97. The van der Waals surface area contributed by atoms with Gasteiger partial charge in [-0.15, -0.1) is 0 Å². The van der Waals surface area contributed by atoms with Crippen molar-refractivity contribution < 1.29 is 14.6 Å². The molecule has 2 aromatic carbocycles. The van der Waals surface area contributed by atoms with E-state index in [-0.39, 0.29) is 5.75 Å². The summed E-state index contributed by atoms with van der Waals surface area (Å²) in [5.41, 5.74) is 0. The van der Waals surface area contributed by atoms with Gasteiger partial charge in [0.25, 0.3) is 0 Å². The SMILES string of the molecule is Oc1cccc(F)c1.Oc1ccccc1. The van der Waals surface area contributed by atoms with Crippen LogP contribution in [0.15, 0.2) is 54.6 Å². The number of aromatic hydroxyl groups is 2. The summed E-state index contributed by atoms with van der Waals surface area (Å²) in [4.78, 5) is 0. The fourth-order valence-corrected chi connectivity index (χ4v) is 0.904. The van der Waals surface area contributed by atoms with Gasteiger partial charge in [-0.3, -0.25) is 0 Å². The Morgan fingerprint density at radius 3 is 1.67 bits per heavy atom. The van der Waals surface area contributed by atoms with E-state index in [0.717, 1.165) is 6.07 Å². The molecule has 2 aromatic rings. The zero-order chi connectivity index (χ0) is 11.1. The van der Waals surface area contributed by atoms with E-state index in [0.29, 0.717) is 5.75 Å². The summed E-state index contributed by atoms with van der Waals surface area (Å²) in [6.45, 7) is 0. The molecule has 2 nitrogen and oxygen atoms in total. The van der Waals surface area contributed by atoms with Crippen LogP contribution in [-0.2, 0) is 0 Å². The van der Waals surface area contributed by atoms with Crippen LogP contribution in [0.2, 0.25) is 0 Å². The topological polar surface area (TPSA) is 40.5 Å². The van der Waals surface area contributed by atoms with Crippen molar-refractivity contribution in [3.8, 4) is 11.5 Å². The molecule has 0 bridgehead atoms. The maximum atomic E-state index is 12.0. The minimum Gasteiger partial charge on any atom is -0.508 e. The third kappa shape index (κ3) is 4.67. The molecule has 2 rings (SSSR count). The second-order valence-corrected chi connectivity index (χ2v) is 2.82. The predicted octanol–water partition coefficient (Wildman–Crippen LogP) is 2.92. The van der Waals surface area contributed by atoms with Gasteiger partial charge in [0, 0.05) is 6.07 Å². The van der Waals surface area contributed by atoms with E-state index in [1.165, 1.54) is 18.2 Å². The summed E-state index contributed by atoms with van der Waals surface area (Å²) in [5.74, 6) is -0.127. The summed E-state index contributed by atoms with van der Waals surface area (Å²) in [6, 6.07) is 13.9. The molecule has 0 saturated carbocycles. The number of benzene rings is 2. The average Bonchev–Trinajstić information content (AvgIpc) is 2.19. The van der Waals surface area contributed by atoms with Crippen LogP contribution in [0.5, 0.6) is 11.5 Å². The molecule has 0 aliphatic rings. The second-order valence-electron chi connectivity index (χ2n) is 2.82. The highest BCUT2D eigenvalue weighted by Gasteiger charge is 1.87. The van der Waals surface area contributed by atoms with E-state index in [1.54, 1.807) is 24.3 Å². The number of rotatable bonds is 0. The number of halogens is 1. The monoisotopic (exact) mass is 206 g/mol. The van der Waals surface area contributed by atoms with Crippen LogP contribution in [0, 0.1) is 5.82 Å². The lowest BCUT2D eigenvalue weighted by molar-refractivity contribution is 0.469. The van der Waals surface area contributed by atoms with Gasteiger partial charge in [-0.1, -0.05) is 24.3 Å². The molecule has 2 N–H and O–H groups in total. The summed E-state index contributed by atoms with van der Waals surface area (Å²) >= 11 is 0. The standard InChI is InChI=1S/C6H5FO.C6H6O/c7-5-2-1-3-6(8)4-5;7-6-4-2-1-3-5-6/h1-4,8H;1-5,7H. The molecule has 0 spiro atoms. The number of hydrogen-bond acceptors (Lipinski definition) is 2. The molecule has 0 saturated heterocycles. The van der Waals surface area contributed by atoms with Crippen molar-refractivity contribution in [1.29, 1.82) is 0 Å². The average molecular weight is 206 g/mol. The lowest BCUT2D eigenvalue weighted by Crippen LogP contribution is -1.68. The van der Waals surface area contributed by atoms with Crippen molar-refractivity contribution in [2.45, 2.75) is 0 Å². The molecule has 0 unspecified atom stereocenters. The molecule has 78 valence electrons. The van der Waals surface area contributed by atoms with Crippen LogP contribution >= 0.6 is 0 Å². The summed E-state index contributed by atoms with van der Waals surface area (Å²) in [6.07, 6.45) is 0. The number of phenols is 2. The highest BCUT2D eigenvalue weighted by Crippen LogP contribution is 2.07. The molecule has 0 aliphatic heterocycles. The van der Waals surface area contributed by atoms with Crippen molar-refractivity contribution in [2.24, 2.45) is 0 Å². The van der Waals surface area contributed by atoms with Crippen molar-refractivity contribution in [3.63, 3.8) is 0 Å². The maximum Gasteiger partial charge on any atom is 0.126 e. The Morgan fingerprint density at radius 1 is 0.733 bits per heavy atom. The molecular formula is C12H11FO2. The number of para-hydroxylation sites is 1. The van der Waals surface area contributed by atoms with Gasteiger partial charge in [-0.05, 0) is 24.3 Å². The lowest BCUT2D eigenvalue weighted by atomic mass is 10.3. The Bertz CT molecular complexity index is 384. The molecule has 3 heteroatoms. The Hall–Kier alpha value is -2.03. The first kappa shape index (κ1) is 11.0. The van der Waals surface area contributed by atoms with Crippen molar-refractivity contribution in [3.05, 3.63) is 60.4 Å². The molecule has 0 atom stereocenters. The zero-order valence-electron chi connectivity index (χ0n) is 7.97. The summed E-state index contributed by atoms with van der Waals surface area (Å²) in [7, 11) is 0. The third-order valence-electron chi connectivity index (χ3n) is 1.56. The van der Waals surface area contributed by atoms with Crippen LogP contribution < -0.4 is 0 Å². The third-order valence-corrected chi connectivity index (χ3v) is 1.56. The van der Waals surface area contributed by atoms with Crippen molar-refractivity contribution in [1.82, 2.24) is 0 Å². The van der Waals surface area contributed by atoms with Crippen LogP contribution in [0.4, 0.5) is 4.39 Å². The predicted molar refractivity (Wildman–Crippen MR) is 56.2 cm³/mol. The quantitative estimate of drug-likeness (QED) is 0.695. The lowest BCUT2D eigenvalue weighted by Gasteiger charge is -1.86. The normalized spacial score (nSPS) is 8.87. The highest BCUT2D eigenvalue weighted by atomic mass is 19.1. The Labute approximate surface area is 87.2 Å². The number of phenolic OH excluding ortho intramolecular Hbond substituents is 2. The van der Waals surface area contributed by atoms with Gasteiger partial charge in [0.1, 0.15) is 17.3 Å². The molecule has 0 radical (unpaired) electrons. The van der Waals surface area contributed by atoms with Crippen LogP contribution in [0.25, 0.3) is 0 Å². The van der Waals surface area contributed by atoms with Crippen LogP contribution in [-0.4, -0.2) is 10.2 Å². The second kappa shape index (κ2) is 5.65. The van der Waals surface area contributed by atoms with Gasteiger partial charge in [0.2, 0.25) is 0 Å². The summed E-state index contributed by atoms with van der Waals surface area (Å²) < 4.78 is 12.0. The maximum absolute atomic E-state index is 12.0. The highest BCUT2D eigenvalue weighted by molar-refractivity contribution is 5.20. The first-order valence-corrected chi connectivity index (χ1v) is 4.37. The summed E-state index contributed by atoms with van der Waals surface area (Å²) in [5, 5.41) is 17.2. The van der Waals surface area contributed by atoms with Gasteiger partial charge < -0.3 is 10.2 Å². The molecule has 0 aliphatic carbocycles.